The first-order chi connectivity index (χ1) is 8.69. The van der Waals surface area contributed by atoms with E-state index in [9.17, 15) is 4.79 Å². The van der Waals surface area contributed by atoms with Crippen molar-refractivity contribution >= 4 is 11.6 Å². The molecule has 0 saturated heterocycles. The second kappa shape index (κ2) is 5.64. The summed E-state index contributed by atoms with van der Waals surface area (Å²) in [4.78, 5) is 11.6. The number of rotatable bonds is 5. The Morgan fingerprint density at radius 1 is 1.39 bits per heavy atom. The van der Waals surface area contributed by atoms with Gasteiger partial charge in [0.2, 0.25) is 0 Å². The Bertz CT molecular complexity index is 602. The number of allylic oxidation sites excluding steroid dienone is 1. The summed E-state index contributed by atoms with van der Waals surface area (Å²) in [5, 5.41) is 8.51. The number of nitrogens with zero attached hydrogens (tertiary/aromatic N) is 4. The van der Waals surface area contributed by atoms with Gasteiger partial charge in [-0.25, -0.2) is 0 Å². The standard InChI is InChI=1S/C12H13ClN4O/c1-2-3-6-17-9-11(14-15-17)8-16-7-10(13)4-5-12(16)18/h2,4-5,7,9H,1,3,6,8H2. The largest absolute Gasteiger partial charge is 0.308 e. The van der Waals surface area contributed by atoms with Crippen LogP contribution in [0.15, 0.2) is 42.0 Å². The summed E-state index contributed by atoms with van der Waals surface area (Å²) in [7, 11) is 0. The van der Waals surface area contributed by atoms with Crippen LogP contribution in [-0.2, 0) is 13.1 Å². The van der Waals surface area contributed by atoms with Crippen LogP contribution in [0.2, 0.25) is 5.02 Å². The van der Waals surface area contributed by atoms with Crippen LogP contribution in [0.1, 0.15) is 12.1 Å². The van der Waals surface area contributed by atoms with E-state index in [4.69, 9.17) is 11.6 Å². The van der Waals surface area contributed by atoms with Crippen molar-refractivity contribution in [3.8, 4) is 0 Å². The molecule has 0 amide bonds. The molecule has 0 fully saturated rings. The Morgan fingerprint density at radius 2 is 2.22 bits per heavy atom. The van der Waals surface area contributed by atoms with E-state index in [0.717, 1.165) is 18.7 Å². The SMILES string of the molecule is C=CCCn1cc(Cn2cc(Cl)ccc2=O)nn1. The van der Waals surface area contributed by atoms with Gasteiger partial charge in [-0.1, -0.05) is 22.9 Å². The number of aryl methyl sites for hydroxylation is 1. The highest BCUT2D eigenvalue weighted by atomic mass is 35.5. The zero-order valence-corrected chi connectivity index (χ0v) is 10.5. The van der Waals surface area contributed by atoms with Gasteiger partial charge in [-0.15, -0.1) is 11.7 Å². The van der Waals surface area contributed by atoms with Crippen LogP contribution in [0, 0.1) is 0 Å². The first-order valence-electron chi connectivity index (χ1n) is 5.55. The predicted octanol–water partition coefficient (Wildman–Crippen LogP) is 1.72. The molecule has 6 heteroatoms. The van der Waals surface area contributed by atoms with Crippen molar-refractivity contribution in [1.29, 1.82) is 0 Å². The second-order valence-corrected chi connectivity index (χ2v) is 4.30. The van der Waals surface area contributed by atoms with Crippen molar-refractivity contribution in [3.05, 3.63) is 58.3 Å². The molecule has 2 heterocycles. The summed E-state index contributed by atoms with van der Waals surface area (Å²) >= 11 is 5.84. The minimum atomic E-state index is -0.111. The Morgan fingerprint density at radius 3 is 3.00 bits per heavy atom. The van der Waals surface area contributed by atoms with E-state index in [2.05, 4.69) is 16.9 Å². The molecular formula is C12H13ClN4O. The van der Waals surface area contributed by atoms with Crippen molar-refractivity contribution in [2.75, 3.05) is 0 Å². The van der Waals surface area contributed by atoms with E-state index in [1.165, 1.54) is 10.6 Å². The molecule has 0 saturated carbocycles. The van der Waals surface area contributed by atoms with Crippen molar-refractivity contribution in [3.63, 3.8) is 0 Å². The molecule has 0 aliphatic heterocycles. The summed E-state index contributed by atoms with van der Waals surface area (Å²) in [6.07, 6.45) is 6.06. The fourth-order valence-electron chi connectivity index (χ4n) is 1.54. The van der Waals surface area contributed by atoms with Gasteiger partial charge in [0, 0.05) is 18.8 Å². The van der Waals surface area contributed by atoms with Gasteiger partial charge in [0.25, 0.3) is 5.56 Å². The molecule has 0 radical (unpaired) electrons. The van der Waals surface area contributed by atoms with Crippen molar-refractivity contribution < 1.29 is 0 Å². The average Bonchev–Trinajstić information content (AvgIpc) is 2.79. The highest BCUT2D eigenvalue weighted by molar-refractivity contribution is 6.30. The quantitative estimate of drug-likeness (QED) is 0.773. The van der Waals surface area contributed by atoms with Crippen LogP contribution in [0.5, 0.6) is 0 Å². The molecule has 0 aromatic carbocycles. The lowest BCUT2D eigenvalue weighted by Gasteiger charge is -2.02. The van der Waals surface area contributed by atoms with E-state index in [-0.39, 0.29) is 5.56 Å². The Labute approximate surface area is 109 Å². The fourth-order valence-corrected chi connectivity index (χ4v) is 1.72. The Hall–Kier alpha value is -1.88. The van der Waals surface area contributed by atoms with Crippen LogP contribution in [-0.4, -0.2) is 19.6 Å². The summed E-state index contributed by atoms with van der Waals surface area (Å²) in [6, 6.07) is 3.01. The zero-order chi connectivity index (χ0) is 13.0. The lowest BCUT2D eigenvalue weighted by Crippen LogP contribution is -2.18. The van der Waals surface area contributed by atoms with Gasteiger partial charge in [-0.2, -0.15) is 0 Å². The molecule has 0 unspecified atom stereocenters. The fraction of sp³-hybridized carbons (Fsp3) is 0.250. The van der Waals surface area contributed by atoms with Crippen LogP contribution in [0.3, 0.4) is 0 Å². The number of hydrogen-bond donors (Lipinski definition) is 0. The molecule has 5 nitrogen and oxygen atoms in total. The van der Waals surface area contributed by atoms with Crippen LogP contribution in [0.4, 0.5) is 0 Å². The lowest BCUT2D eigenvalue weighted by atomic mass is 10.4. The molecule has 0 aliphatic carbocycles. The third-order valence-corrected chi connectivity index (χ3v) is 2.65. The number of pyridine rings is 1. The topological polar surface area (TPSA) is 52.7 Å². The highest BCUT2D eigenvalue weighted by Gasteiger charge is 2.03. The Kier molecular flexibility index (Phi) is 3.94. The summed E-state index contributed by atoms with van der Waals surface area (Å²) in [5.41, 5.74) is 0.614. The first kappa shape index (κ1) is 12.6. The molecule has 2 aromatic heterocycles. The molecule has 2 aromatic rings. The van der Waals surface area contributed by atoms with Gasteiger partial charge in [-0.3, -0.25) is 9.48 Å². The van der Waals surface area contributed by atoms with Gasteiger partial charge in [0.15, 0.2) is 0 Å². The molecular weight excluding hydrogens is 252 g/mol. The molecule has 0 spiro atoms. The lowest BCUT2D eigenvalue weighted by molar-refractivity contribution is 0.596. The van der Waals surface area contributed by atoms with Crippen LogP contribution < -0.4 is 5.56 Å². The van der Waals surface area contributed by atoms with E-state index in [1.807, 2.05) is 12.3 Å². The third-order valence-electron chi connectivity index (χ3n) is 2.43. The minimum absolute atomic E-state index is 0.111. The van der Waals surface area contributed by atoms with E-state index >= 15 is 0 Å². The maximum absolute atomic E-state index is 11.6. The molecule has 0 N–H and O–H groups in total. The average molecular weight is 265 g/mol. The molecule has 0 aliphatic rings. The summed E-state index contributed by atoms with van der Waals surface area (Å²) < 4.78 is 3.23. The van der Waals surface area contributed by atoms with E-state index in [0.29, 0.717) is 11.6 Å². The normalized spacial score (nSPS) is 10.5. The number of hydrogen-bond acceptors (Lipinski definition) is 3. The van der Waals surface area contributed by atoms with Crippen LogP contribution >= 0.6 is 11.6 Å². The van der Waals surface area contributed by atoms with Gasteiger partial charge in [0.05, 0.1) is 17.8 Å². The second-order valence-electron chi connectivity index (χ2n) is 3.86. The predicted molar refractivity (Wildman–Crippen MR) is 69.7 cm³/mol. The molecule has 94 valence electrons. The molecule has 0 atom stereocenters. The molecule has 2 rings (SSSR count). The van der Waals surface area contributed by atoms with Gasteiger partial charge < -0.3 is 4.57 Å². The van der Waals surface area contributed by atoms with Crippen molar-refractivity contribution in [2.24, 2.45) is 0 Å². The highest BCUT2D eigenvalue weighted by Crippen LogP contribution is 2.05. The molecule has 18 heavy (non-hydrogen) atoms. The van der Waals surface area contributed by atoms with E-state index < -0.39 is 0 Å². The smallest absolute Gasteiger partial charge is 0.250 e. The van der Waals surface area contributed by atoms with Crippen LogP contribution in [0.25, 0.3) is 0 Å². The van der Waals surface area contributed by atoms with E-state index in [1.54, 1.807) is 16.9 Å². The number of halogens is 1. The van der Waals surface area contributed by atoms with Crippen molar-refractivity contribution in [1.82, 2.24) is 19.6 Å². The maximum Gasteiger partial charge on any atom is 0.250 e. The van der Waals surface area contributed by atoms with Gasteiger partial charge >= 0.3 is 0 Å². The summed E-state index contributed by atoms with van der Waals surface area (Å²) in [5.74, 6) is 0. The monoisotopic (exact) mass is 264 g/mol. The maximum atomic E-state index is 11.6. The third kappa shape index (κ3) is 3.07. The number of aromatic nitrogens is 4. The Balaban J connectivity index is 2.13. The summed E-state index contributed by atoms with van der Waals surface area (Å²) in [6.45, 7) is 4.76. The molecule has 0 bridgehead atoms. The zero-order valence-electron chi connectivity index (χ0n) is 9.79. The van der Waals surface area contributed by atoms with Gasteiger partial charge in [-0.05, 0) is 12.5 Å². The van der Waals surface area contributed by atoms with Crippen molar-refractivity contribution in [2.45, 2.75) is 19.5 Å². The van der Waals surface area contributed by atoms with Gasteiger partial charge in [0.1, 0.15) is 5.69 Å². The first-order valence-corrected chi connectivity index (χ1v) is 5.93. The minimum Gasteiger partial charge on any atom is -0.308 e.